The van der Waals surface area contributed by atoms with E-state index in [1.54, 1.807) is 43.5 Å². The third kappa shape index (κ3) is 6.45. The summed E-state index contributed by atoms with van der Waals surface area (Å²) in [7, 11) is 1.54. The zero-order valence-electron chi connectivity index (χ0n) is 18.3. The number of halogens is 1. The van der Waals surface area contributed by atoms with Crippen LogP contribution in [-0.4, -0.2) is 44.1 Å². The fourth-order valence-electron chi connectivity index (χ4n) is 3.24. The first kappa shape index (κ1) is 23.6. The van der Waals surface area contributed by atoms with E-state index in [9.17, 15) is 9.59 Å². The minimum absolute atomic E-state index is 0.0221. The van der Waals surface area contributed by atoms with E-state index in [4.69, 9.17) is 21.1 Å². The number of ether oxygens (including phenoxy) is 2. The normalized spacial score (nSPS) is 15.9. The zero-order valence-corrected chi connectivity index (χ0v) is 19.1. The SMILES string of the molecule is COc1ccc(NC(=NC[C@@H]2CCCO2)NC(=O)c2ccc(C)c(NC(C)=O)c2)cc1Cl. The number of nitrogens with one attached hydrogen (secondary N) is 3. The molecule has 0 radical (unpaired) electrons. The quantitative estimate of drug-likeness (QED) is 0.448. The number of nitrogens with zero attached hydrogens (tertiary/aromatic N) is 1. The molecule has 0 spiro atoms. The Balaban J connectivity index is 1.80. The van der Waals surface area contributed by atoms with Crippen molar-refractivity contribution in [3.63, 3.8) is 0 Å². The number of carbonyl (C=O) groups is 2. The number of amides is 2. The minimum atomic E-state index is -0.366. The average Bonchev–Trinajstić information content (AvgIpc) is 3.27. The number of anilines is 2. The van der Waals surface area contributed by atoms with Crippen LogP contribution in [0, 0.1) is 6.92 Å². The van der Waals surface area contributed by atoms with Gasteiger partial charge in [0.05, 0.1) is 24.8 Å². The summed E-state index contributed by atoms with van der Waals surface area (Å²) in [5, 5.41) is 9.08. The summed E-state index contributed by atoms with van der Waals surface area (Å²) in [5.74, 6) is 0.245. The Bertz CT molecular complexity index is 1020. The maximum Gasteiger partial charge on any atom is 0.258 e. The molecule has 170 valence electrons. The first-order valence-electron chi connectivity index (χ1n) is 10.3. The van der Waals surface area contributed by atoms with E-state index in [0.717, 1.165) is 25.0 Å². The molecule has 0 unspecified atom stereocenters. The predicted octanol–water partition coefficient (Wildman–Crippen LogP) is 3.99. The van der Waals surface area contributed by atoms with Gasteiger partial charge >= 0.3 is 0 Å². The number of rotatable bonds is 6. The van der Waals surface area contributed by atoms with Crippen molar-refractivity contribution >= 4 is 40.7 Å². The molecule has 9 heteroatoms. The van der Waals surface area contributed by atoms with Crippen LogP contribution in [0.2, 0.25) is 5.02 Å². The molecule has 1 fully saturated rings. The second-order valence-electron chi connectivity index (χ2n) is 7.46. The van der Waals surface area contributed by atoms with Crippen LogP contribution in [0.15, 0.2) is 41.4 Å². The van der Waals surface area contributed by atoms with Crippen molar-refractivity contribution in [2.45, 2.75) is 32.8 Å². The molecule has 8 nitrogen and oxygen atoms in total. The molecule has 2 aromatic carbocycles. The molecular weight excluding hydrogens is 432 g/mol. The molecule has 1 heterocycles. The number of carbonyl (C=O) groups excluding carboxylic acids is 2. The van der Waals surface area contributed by atoms with Crippen LogP contribution in [-0.2, 0) is 9.53 Å². The maximum atomic E-state index is 12.9. The van der Waals surface area contributed by atoms with Gasteiger partial charge in [-0.15, -0.1) is 0 Å². The summed E-state index contributed by atoms with van der Waals surface area (Å²) in [6, 6.07) is 10.3. The van der Waals surface area contributed by atoms with Crippen molar-refractivity contribution in [1.82, 2.24) is 5.32 Å². The summed E-state index contributed by atoms with van der Waals surface area (Å²) in [4.78, 5) is 28.9. The van der Waals surface area contributed by atoms with E-state index in [1.807, 2.05) is 6.92 Å². The van der Waals surface area contributed by atoms with Gasteiger partial charge < -0.3 is 20.1 Å². The lowest BCUT2D eigenvalue weighted by Gasteiger charge is -2.15. The molecule has 0 aliphatic carbocycles. The lowest BCUT2D eigenvalue weighted by molar-refractivity contribution is -0.114. The monoisotopic (exact) mass is 458 g/mol. The molecule has 3 rings (SSSR count). The summed E-state index contributed by atoms with van der Waals surface area (Å²) in [6.07, 6.45) is 1.95. The van der Waals surface area contributed by atoms with Crippen molar-refractivity contribution in [3.8, 4) is 5.75 Å². The predicted molar refractivity (Wildman–Crippen MR) is 126 cm³/mol. The smallest absolute Gasteiger partial charge is 0.258 e. The van der Waals surface area contributed by atoms with E-state index in [-0.39, 0.29) is 23.9 Å². The topological polar surface area (TPSA) is 101 Å². The number of hydrogen-bond donors (Lipinski definition) is 3. The molecule has 2 aromatic rings. The lowest BCUT2D eigenvalue weighted by atomic mass is 10.1. The Labute approximate surface area is 192 Å². The van der Waals surface area contributed by atoms with Crippen LogP contribution >= 0.6 is 11.6 Å². The van der Waals surface area contributed by atoms with Gasteiger partial charge in [-0.3, -0.25) is 14.9 Å². The number of guanidine groups is 1. The first-order chi connectivity index (χ1) is 15.4. The van der Waals surface area contributed by atoms with Crippen LogP contribution in [0.3, 0.4) is 0 Å². The van der Waals surface area contributed by atoms with Crippen LogP contribution in [0.4, 0.5) is 11.4 Å². The van der Waals surface area contributed by atoms with Crippen molar-refractivity contribution in [2.75, 3.05) is 30.9 Å². The molecule has 1 atom stereocenters. The standard InChI is InChI=1S/C23H27ClN4O4/c1-14-6-7-16(11-20(14)26-15(2)29)22(30)28-23(25-13-18-5-4-10-32-18)27-17-8-9-21(31-3)19(24)12-17/h6-9,11-12,18H,4-5,10,13H2,1-3H3,(H,26,29)(H2,25,27,28,30)/t18-/m0/s1. The molecule has 3 N–H and O–H groups in total. The lowest BCUT2D eigenvalue weighted by Crippen LogP contribution is -2.36. The molecule has 1 aliphatic heterocycles. The average molecular weight is 459 g/mol. The Morgan fingerprint density at radius 2 is 2.03 bits per heavy atom. The largest absolute Gasteiger partial charge is 0.495 e. The highest BCUT2D eigenvalue weighted by Crippen LogP contribution is 2.27. The van der Waals surface area contributed by atoms with E-state index in [2.05, 4.69) is 20.9 Å². The number of aryl methyl sites for hydroxylation is 1. The van der Waals surface area contributed by atoms with Crippen molar-refractivity contribution in [1.29, 1.82) is 0 Å². The number of aliphatic imine (C=N–C) groups is 1. The maximum absolute atomic E-state index is 12.9. The Morgan fingerprint density at radius 3 is 2.69 bits per heavy atom. The number of hydrogen-bond acceptors (Lipinski definition) is 5. The fourth-order valence-corrected chi connectivity index (χ4v) is 3.50. The van der Waals surface area contributed by atoms with Gasteiger partial charge in [-0.1, -0.05) is 17.7 Å². The van der Waals surface area contributed by atoms with E-state index in [1.165, 1.54) is 6.92 Å². The van der Waals surface area contributed by atoms with Gasteiger partial charge in [0.2, 0.25) is 11.9 Å². The third-order valence-corrected chi connectivity index (χ3v) is 5.23. The molecule has 0 aromatic heterocycles. The van der Waals surface area contributed by atoms with Crippen LogP contribution in [0.1, 0.15) is 35.7 Å². The highest BCUT2D eigenvalue weighted by Gasteiger charge is 2.17. The van der Waals surface area contributed by atoms with Crippen molar-refractivity contribution in [2.24, 2.45) is 4.99 Å². The third-order valence-electron chi connectivity index (χ3n) is 4.93. The minimum Gasteiger partial charge on any atom is -0.495 e. The van der Waals surface area contributed by atoms with Gasteiger partial charge in [-0.25, -0.2) is 4.99 Å². The van der Waals surface area contributed by atoms with Crippen molar-refractivity contribution < 1.29 is 19.1 Å². The van der Waals surface area contributed by atoms with Crippen LogP contribution < -0.4 is 20.7 Å². The first-order valence-corrected chi connectivity index (χ1v) is 10.7. The molecular formula is C23H27ClN4O4. The molecule has 1 saturated heterocycles. The van der Waals surface area contributed by atoms with Gasteiger partial charge in [0, 0.05) is 30.5 Å². The van der Waals surface area contributed by atoms with Gasteiger partial charge in [-0.2, -0.15) is 0 Å². The van der Waals surface area contributed by atoms with Gasteiger partial charge in [0.15, 0.2) is 0 Å². The Hall–Kier alpha value is -3.10. The number of methoxy groups -OCH3 is 1. The van der Waals surface area contributed by atoms with E-state index >= 15 is 0 Å². The second-order valence-corrected chi connectivity index (χ2v) is 7.87. The molecule has 1 aliphatic rings. The van der Waals surface area contributed by atoms with Crippen molar-refractivity contribution in [3.05, 3.63) is 52.5 Å². The van der Waals surface area contributed by atoms with Gasteiger partial charge in [0.25, 0.3) is 5.91 Å². The number of benzene rings is 2. The highest BCUT2D eigenvalue weighted by atomic mass is 35.5. The summed E-state index contributed by atoms with van der Waals surface area (Å²) in [6.45, 7) is 4.42. The molecule has 2 amide bonds. The van der Waals surface area contributed by atoms with E-state index < -0.39 is 0 Å². The van der Waals surface area contributed by atoms with E-state index in [0.29, 0.717) is 34.3 Å². The summed E-state index contributed by atoms with van der Waals surface area (Å²) < 4.78 is 10.8. The Kier molecular flexibility index (Phi) is 8.08. The second kappa shape index (κ2) is 11.0. The van der Waals surface area contributed by atoms with Crippen LogP contribution in [0.5, 0.6) is 5.75 Å². The zero-order chi connectivity index (χ0) is 23.1. The summed E-state index contributed by atoms with van der Waals surface area (Å²) >= 11 is 6.22. The van der Waals surface area contributed by atoms with Gasteiger partial charge in [0.1, 0.15) is 5.75 Å². The Morgan fingerprint density at radius 1 is 1.22 bits per heavy atom. The van der Waals surface area contributed by atoms with Gasteiger partial charge in [-0.05, 0) is 55.7 Å². The summed E-state index contributed by atoms with van der Waals surface area (Å²) in [5.41, 5.74) is 2.47. The molecule has 0 saturated carbocycles. The molecule has 0 bridgehead atoms. The highest BCUT2D eigenvalue weighted by molar-refractivity contribution is 6.32. The molecule has 32 heavy (non-hydrogen) atoms. The van der Waals surface area contributed by atoms with Crippen LogP contribution in [0.25, 0.3) is 0 Å². The fraction of sp³-hybridized carbons (Fsp3) is 0.348.